The average molecular weight is 361 g/mol. The van der Waals surface area contributed by atoms with Crippen LogP contribution >= 0.6 is 0 Å². The van der Waals surface area contributed by atoms with Crippen molar-refractivity contribution in [2.24, 2.45) is 0 Å². The number of hydrogen-bond donors (Lipinski definition) is 0. The molecule has 3 aromatic rings. The molecule has 0 saturated carbocycles. The molecule has 0 unspecified atom stereocenters. The van der Waals surface area contributed by atoms with Crippen LogP contribution in [0.2, 0.25) is 0 Å². The van der Waals surface area contributed by atoms with Gasteiger partial charge in [0.2, 0.25) is 5.88 Å². The third-order valence-corrected chi connectivity index (χ3v) is 3.82. The van der Waals surface area contributed by atoms with E-state index in [9.17, 15) is 13.2 Å². The summed E-state index contributed by atoms with van der Waals surface area (Å²) in [6.07, 6.45) is -3.61. The number of hydrogen-bond acceptors (Lipinski definition) is 5. The van der Waals surface area contributed by atoms with E-state index < -0.39 is 12.6 Å². The van der Waals surface area contributed by atoms with E-state index in [4.69, 9.17) is 10.00 Å². The van der Waals surface area contributed by atoms with Gasteiger partial charge in [-0.15, -0.1) is 5.10 Å². The molecule has 2 aromatic heterocycles. The molecular formula is C17H14F3N5O. The maximum Gasteiger partial charge on any atom is 0.389 e. The van der Waals surface area contributed by atoms with Gasteiger partial charge in [-0.1, -0.05) is 5.21 Å². The van der Waals surface area contributed by atoms with E-state index in [-0.39, 0.29) is 18.8 Å². The van der Waals surface area contributed by atoms with E-state index in [0.29, 0.717) is 27.9 Å². The second kappa shape index (κ2) is 7.00. The van der Waals surface area contributed by atoms with E-state index in [1.807, 2.05) is 6.07 Å². The minimum Gasteiger partial charge on any atom is -0.437 e. The van der Waals surface area contributed by atoms with Gasteiger partial charge in [-0.3, -0.25) is 0 Å². The molecule has 0 radical (unpaired) electrons. The number of pyridine rings is 1. The molecule has 134 valence electrons. The highest BCUT2D eigenvalue weighted by Crippen LogP contribution is 2.30. The summed E-state index contributed by atoms with van der Waals surface area (Å²) >= 11 is 0. The van der Waals surface area contributed by atoms with Crippen LogP contribution < -0.4 is 4.74 Å². The van der Waals surface area contributed by atoms with Gasteiger partial charge in [0.25, 0.3) is 0 Å². The van der Waals surface area contributed by atoms with Crippen molar-refractivity contribution in [3.05, 3.63) is 41.6 Å². The van der Waals surface area contributed by atoms with Gasteiger partial charge in [0.15, 0.2) is 0 Å². The second-order valence-electron chi connectivity index (χ2n) is 5.66. The first-order chi connectivity index (χ1) is 12.4. The topological polar surface area (TPSA) is 76.6 Å². The Morgan fingerprint density at radius 2 is 2.08 bits per heavy atom. The van der Waals surface area contributed by atoms with Gasteiger partial charge in [0, 0.05) is 24.7 Å². The van der Waals surface area contributed by atoms with E-state index >= 15 is 0 Å². The minimum absolute atomic E-state index is 0.0707. The molecule has 0 N–H and O–H groups in total. The second-order valence-corrected chi connectivity index (χ2v) is 5.66. The smallest absolute Gasteiger partial charge is 0.389 e. The van der Waals surface area contributed by atoms with Crippen molar-refractivity contribution in [3.8, 4) is 17.7 Å². The number of nitrogens with zero attached hydrogens (tertiary/aromatic N) is 5. The van der Waals surface area contributed by atoms with Crippen molar-refractivity contribution in [2.45, 2.75) is 32.5 Å². The van der Waals surface area contributed by atoms with Crippen molar-refractivity contribution in [2.75, 3.05) is 0 Å². The quantitative estimate of drug-likeness (QED) is 0.683. The molecule has 2 heterocycles. The number of alkyl halides is 3. The zero-order chi connectivity index (χ0) is 18.7. The van der Waals surface area contributed by atoms with Gasteiger partial charge in [-0.25, -0.2) is 9.67 Å². The van der Waals surface area contributed by atoms with Crippen LogP contribution in [0.3, 0.4) is 0 Å². The van der Waals surface area contributed by atoms with E-state index in [0.717, 1.165) is 0 Å². The maximum atomic E-state index is 12.3. The molecule has 3 rings (SSSR count). The number of fused-ring (bicyclic) bond motifs is 1. The Balaban J connectivity index is 1.85. The van der Waals surface area contributed by atoms with Crippen LogP contribution in [0.25, 0.3) is 11.0 Å². The molecule has 0 aliphatic heterocycles. The van der Waals surface area contributed by atoms with Crippen LogP contribution in [-0.2, 0) is 6.54 Å². The molecule has 0 bridgehead atoms. The molecule has 0 saturated heterocycles. The Labute approximate surface area is 146 Å². The van der Waals surface area contributed by atoms with Gasteiger partial charge >= 0.3 is 6.18 Å². The highest BCUT2D eigenvalue weighted by atomic mass is 19.4. The van der Waals surface area contributed by atoms with Gasteiger partial charge in [0.1, 0.15) is 22.9 Å². The monoisotopic (exact) mass is 361 g/mol. The molecule has 0 fully saturated rings. The number of rotatable bonds is 5. The van der Waals surface area contributed by atoms with E-state index in [1.165, 1.54) is 10.9 Å². The number of aromatic nitrogens is 4. The lowest BCUT2D eigenvalue weighted by molar-refractivity contribution is -0.136. The van der Waals surface area contributed by atoms with Crippen LogP contribution in [0.4, 0.5) is 13.2 Å². The van der Waals surface area contributed by atoms with Crippen molar-refractivity contribution in [3.63, 3.8) is 0 Å². The average Bonchev–Trinajstić information content (AvgIpc) is 3.00. The number of nitriles is 1. The highest BCUT2D eigenvalue weighted by Gasteiger charge is 2.26. The Bertz CT molecular complexity index is 975. The van der Waals surface area contributed by atoms with Crippen LogP contribution in [0.1, 0.15) is 24.0 Å². The zero-order valence-electron chi connectivity index (χ0n) is 13.8. The summed E-state index contributed by atoms with van der Waals surface area (Å²) in [7, 11) is 0. The van der Waals surface area contributed by atoms with Gasteiger partial charge in [-0.05, 0) is 37.6 Å². The Kier molecular flexibility index (Phi) is 4.75. The molecule has 0 amide bonds. The first-order valence-electron chi connectivity index (χ1n) is 7.81. The van der Waals surface area contributed by atoms with E-state index in [1.54, 1.807) is 31.2 Å². The van der Waals surface area contributed by atoms with Crippen molar-refractivity contribution in [1.29, 1.82) is 5.26 Å². The number of aryl methyl sites for hydroxylation is 2. The van der Waals surface area contributed by atoms with Crippen molar-refractivity contribution in [1.82, 2.24) is 20.0 Å². The molecular weight excluding hydrogens is 347 g/mol. The zero-order valence-corrected chi connectivity index (χ0v) is 13.8. The number of ether oxygens (including phenoxy) is 1. The van der Waals surface area contributed by atoms with Gasteiger partial charge in [-0.2, -0.15) is 18.4 Å². The molecule has 6 nitrogen and oxygen atoms in total. The van der Waals surface area contributed by atoms with Crippen LogP contribution in [0, 0.1) is 18.3 Å². The lowest BCUT2D eigenvalue weighted by atomic mass is 10.2. The molecule has 0 spiro atoms. The van der Waals surface area contributed by atoms with Crippen LogP contribution in [0.15, 0.2) is 30.5 Å². The number of halogens is 3. The van der Waals surface area contributed by atoms with Crippen molar-refractivity contribution >= 4 is 11.0 Å². The van der Waals surface area contributed by atoms with Crippen LogP contribution in [0.5, 0.6) is 11.6 Å². The highest BCUT2D eigenvalue weighted by molar-refractivity contribution is 5.80. The molecule has 0 aliphatic carbocycles. The maximum absolute atomic E-state index is 12.3. The first kappa shape index (κ1) is 17.7. The third kappa shape index (κ3) is 3.74. The van der Waals surface area contributed by atoms with Crippen LogP contribution in [-0.4, -0.2) is 26.2 Å². The summed E-state index contributed by atoms with van der Waals surface area (Å²) in [6, 6.07) is 8.57. The fourth-order valence-electron chi connectivity index (χ4n) is 2.52. The summed E-state index contributed by atoms with van der Waals surface area (Å²) in [5.41, 5.74) is 2.12. The normalized spacial score (nSPS) is 11.5. The fourth-order valence-corrected chi connectivity index (χ4v) is 2.52. The molecule has 1 aromatic carbocycles. The summed E-state index contributed by atoms with van der Waals surface area (Å²) in [4.78, 5) is 4.04. The predicted molar refractivity (Wildman–Crippen MR) is 86.6 cm³/mol. The Hall–Kier alpha value is -3.15. The minimum atomic E-state index is -4.19. The summed E-state index contributed by atoms with van der Waals surface area (Å²) in [5.74, 6) is 0.630. The third-order valence-electron chi connectivity index (χ3n) is 3.82. The lowest BCUT2D eigenvalue weighted by Crippen LogP contribution is -2.10. The summed E-state index contributed by atoms with van der Waals surface area (Å²) in [6.45, 7) is 1.88. The van der Waals surface area contributed by atoms with Gasteiger partial charge < -0.3 is 4.74 Å². The summed E-state index contributed by atoms with van der Waals surface area (Å²) in [5, 5.41) is 17.1. The SMILES string of the molecule is Cc1c(Oc2ncccc2C#N)ccc2c1nnn2CCCC(F)(F)F. The predicted octanol–water partition coefficient (Wildman–Crippen LogP) is 4.14. The molecule has 0 aliphatic rings. The van der Waals surface area contributed by atoms with Crippen molar-refractivity contribution < 1.29 is 17.9 Å². The molecule has 0 atom stereocenters. The first-order valence-corrected chi connectivity index (χ1v) is 7.81. The number of benzene rings is 1. The molecule has 26 heavy (non-hydrogen) atoms. The largest absolute Gasteiger partial charge is 0.437 e. The fraction of sp³-hybridized carbons (Fsp3) is 0.294. The Morgan fingerprint density at radius 1 is 1.27 bits per heavy atom. The summed E-state index contributed by atoms with van der Waals surface area (Å²) < 4.78 is 44.0. The van der Waals surface area contributed by atoms with E-state index in [2.05, 4.69) is 15.3 Å². The van der Waals surface area contributed by atoms with Gasteiger partial charge in [0.05, 0.1) is 5.52 Å². The standard InChI is InChI=1S/C17H14F3N5O/c1-11-14(26-16-12(10-21)4-2-8-22-16)6-5-13-15(11)23-24-25(13)9-3-7-17(18,19)20/h2,4-6,8H,3,7,9H2,1H3. The lowest BCUT2D eigenvalue weighted by Gasteiger charge is -2.09. The molecule has 9 heteroatoms. The Morgan fingerprint density at radius 3 is 2.81 bits per heavy atom.